The number of imidazole rings is 1. The molecule has 0 unspecified atom stereocenters. The number of carboxylic acid groups (broad SMARTS) is 1. The molecule has 3 aromatic heterocycles. The Morgan fingerprint density at radius 2 is 1.95 bits per heavy atom. The highest BCUT2D eigenvalue weighted by atomic mass is 32.1. The van der Waals surface area contributed by atoms with Crippen molar-refractivity contribution >= 4 is 34.2 Å². The van der Waals surface area contributed by atoms with Gasteiger partial charge in [-0.25, -0.2) is 14.8 Å². The molecule has 1 amide bonds. The Bertz CT molecular complexity index is 1770. The summed E-state index contributed by atoms with van der Waals surface area (Å²) in [4.78, 5) is 38.7. The van der Waals surface area contributed by atoms with Crippen molar-refractivity contribution < 1.29 is 19.4 Å². The van der Waals surface area contributed by atoms with Crippen LogP contribution in [0.4, 0.5) is 0 Å². The first-order valence-corrected chi connectivity index (χ1v) is 13.9. The number of nitrogens with two attached hydrogens (primary N) is 1. The van der Waals surface area contributed by atoms with Crippen LogP contribution in [-0.2, 0) is 13.0 Å². The molecular formula is C30H27N5O4S. The van der Waals surface area contributed by atoms with E-state index in [2.05, 4.69) is 26.7 Å². The predicted octanol–water partition coefficient (Wildman–Crippen LogP) is 5.25. The number of aromatic amines is 1. The molecule has 4 heterocycles. The average molecular weight is 554 g/mol. The van der Waals surface area contributed by atoms with Gasteiger partial charge < -0.3 is 25.9 Å². The molecule has 1 aliphatic heterocycles. The minimum absolute atomic E-state index is 0.0449. The Hall–Kier alpha value is -4.54. The summed E-state index contributed by atoms with van der Waals surface area (Å²) in [5.74, 6) is -0.424. The molecule has 0 fully saturated rings. The highest BCUT2D eigenvalue weighted by molar-refractivity contribution is 7.13. The van der Waals surface area contributed by atoms with Gasteiger partial charge in [0.25, 0.3) is 5.91 Å². The van der Waals surface area contributed by atoms with Crippen LogP contribution in [0, 0.1) is 0 Å². The van der Waals surface area contributed by atoms with Gasteiger partial charge in [0.1, 0.15) is 17.3 Å². The summed E-state index contributed by atoms with van der Waals surface area (Å²) in [6.45, 7) is 3.32. The van der Waals surface area contributed by atoms with E-state index < -0.39 is 11.9 Å². The number of amides is 1. The third-order valence-corrected chi connectivity index (χ3v) is 7.92. The molecule has 40 heavy (non-hydrogen) atoms. The molecule has 0 bridgehead atoms. The molecule has 0 spiro atoms. The van der Waals surface area contributed by atoms with E-state index in [1.807, 2.05) is 37.3 Å². The molecule has 10 heteroatoms. The van der Waals surface area contributed by atoms with Crippen LogP contribution in [0.5, 0.6) is 5.75 Å². The standard InChI is InChI=1S/C30H27N5O4S/c1-2-9-32-29(36)23-6-4-18(26(33-23)30(37)38)19-14-25-21(27-17(7-10-39-25)8-11-40-27)13-20(19)28-34-22-5-3-16(15-31)12-24(22)35-28/h3-6,8,11-14H,2,7,9-10,15,31H2,1H3,(H,32,36)(H,34,35)(H,37,38). The van der Waals surface area contributed by atoms with Gasteiger partial charge in [-0.3, -0.25) is 4.79 Å². The maximum absolute atomic E-state index is 12.6. The number of hydrogen-bond donors (Lipinski definition) is 4. The first kappa shape index (κ1) is 25.7. The number of fused-ring (bicyclic) bond motifs is 4. The molecule has 5 N–H and O–H groups in total. The van der Waals surface area contributed by atoms with E-state index in [1.165, 1.54) is 5.56 Å². The van der Waals surface area contributed by atoms with Gasteiger partial charge in [0.2, 0.25) is 0 Å². The van der Waals surface area contributed by atoms with E-state index in [1.54, 1.807) is 23.5 Å². The minimum Gasteiger partial charge on any atom is -0.493 e. The van der Waals surface area contributed by atoms with E-state index >= 15 is 0 Å². The van der Waals surface area contributed by atoms with E-state index in [4.69, 9.17) is 15.5 Å². The maximum Gasteiger partial charge on any atom is 0.355 e. The van der Waals surface area contributed by atoms with Crippen molar-refractivity contribution in [3.8, 4) is 38.7 Å². The number of aromatic nitrogens is 3. The Morgan fingerprint density at radius 3 is 2.75 bits per heavy atom. The zero-order valence-electron chi connectivity index (χ0n) is 21.8. The molecule has 202 valence electrons. The lowest BCUT2D eigenvalue weighted by Crippen LogP contribution is -2.25. The van der Waals surface area contributed by atoms with Crippen molar-refractivity contribution in [2.24, 2.45) is 5.73 Å². The molecule has 0 saturated heterocycles. The number of carbonyl (C=O) groups excluding carboxylic acids is 1. The number of thiophene rings is 1. The second-order valence-corrected chi connectivity index (χ2v) is 10.5. The van der Waals surface area contributed by atoms with Gasteiger partial charge in [-0.15, -0.1) is 11.3 Å². The zero-order valence-corrected chi connectivity index (χ0v) is 22.6. The molecule has 2 aromatic carbocycles. The third kappa shape index (κ3) is 4.61. The summed E-state index contributed by atoms with van der Waals surface area (Å²) in [5, 5.41) is 15.0. The highest BCUT2D eigenvalue weighted by Crippen LogP contribution is 2.45. The topological polar surface area (TPSA) is 143 Å². The molecule has 1 aliphatic rings. The summed E-state index contributed by atoms with van der Waals surface area (Å²) >= 11 is 1.64. The van der Waals surface area contributed by atoms with Gasteiger partial charge in [0, 0.05) is 41.1 Å². The zero-order chi connectivity index (χ0) is 27.8. The summed E-state index contributed by atoms with van der Waals surface area (Å²) < 4.78 is 6.17. The number of carboxylic acids is 1. The van der Waals surface area contributed by atoms with Crippen molar-refractivity contribution in [3.63, 3.8) is 0 Å². The Morgan fingerprint density at radius 1 is 1.07 bits per heavy atom. The van der Waals surface area contributed by atoms with E-state index in [0.717, 1.165) is 39.9 Å². The number of rotatable bonds is 7. The number of nitrogens with zero attached hydrogens (tertiary/aromatic N) is 2. The van der Waals surface area contributed by atoms with Crippen LogP contribution < -0.4 is 15.8 Å². The molecule has 5 aromatic rings. The number of H-pyrrole nitrogens is 1. The number of ether oxygens (including phenoxy) is 1. The van der Waals surface area contributed by atoms with E-state index in [-0.39, 0.29) is 11.4 Å². The quantitative estimate of drug-likeness (QED) is 0.215. The summed E-state index contributed by atoms with van der Waals surface area (Å²) in [7, 11) is 0. The molecule has 0 atom stereocenters. The van der Waals surface area contributed by atoms with Crippen LogP contribution in [0.2, 0.25) is 0 Å². The molecule has 6 rings (SSSR count). The molecule has 9 nitrogen and oxygen atoms in total. The highest BCUT2D eigenvalue weighted by Gasteiger charge is 2.25. The number of carbonyl (C=O) groups is 2. The average Bonchev–Trinajstić information content (AvgIpc) is 3.58. The van der Waals surface area contributed by atoms with Crippen LogP contribution in [0.15, 0.2) is 53.9 Å². The lowest BCUT2D eigenvalue weighted by molar-refractivity contribution is 0.0691. The fourth-order valence-electron chi connectivity index (χ4n) is 4.94. The van der Waals surface area contributed by atoms with Crippen molar-refractivity contribution in [2.75, 3.05) is 13.2 Å². The third-order valence-electron chi connectivity index (χ3n) is 6.93. The van der Waals surface area contributed by atoms with Gasteiger partial charge in [-0.2, -0.15) is 0 Å². The second-order valence-electron chi connectivity index (χ2n) is 9.56. The summed E-state index contributed by atoms with van der Waals surface area (Å²) in [6, 6.07) is 15.0. The lowest BCUT2D eigenvalue weighted by Gasteiger charge is -2.16. The number of pyridine rings is 1. The second kappa shape index (κ2) is 10.6. The normalized spacial score (nSPS) is 12.3. The molecule has 0 saturated carbocycles. The Labute approximate surface area is 234 Å². The smallest absolute Gasteiger partial charge is 0.355 e. The predicted molar refractivity (Wildman–Crippen MR) is 155 cm³/mol. The number of hydrogen-bond acceptors (Lipinski definition) is 7. The summed E-state index contributed by atoms with van der Waals surface area (Å²) in [6.07, 6.45) is 1.53. The van der Waals surface area contributed by atoms with Crippen molar-refractivity contribution in [3.05, 3.63) is 76.4 Å². The minimum atomic E-state index is -1.24. The number of benzene rings is 2. The van der Waals surface area contributed by atoms with E-state index in [9.17, 15) is 14.7 Å². The maximum atomic E-state index is 12.6. The Balaban J connectivity index is 1.58. The largest absolute Gasteiger partial charge is 0.493 e. The first-order valence-electron chi connectivity index (χ1n) is 13.1. The van der Waals surface area contributed by atoms with Gasteiger partial charge in [-0.05, 0) is 71.0 Å². The van der Waals surface area contributed by atoms with E-state index in [0.29, 0.717) is 48.0 Å². The SMILES string of the molecule is CCCNC(=O)c1ccc(-c2cc3c(cc2-c2nc4ccc(CN)cc4[nH]2)-c2sccc2CCO3)c(C(=O)O)n1. The van der Waals surface area contributed by atoms with Crippen LogP contribution in [-0.4, -0.2) is 45.1 Å². The summed E-state index contributed by atoms with van der Waals surface area (Å²) in [5.41, 5.74) is 12.0. The fraction of sp³-hybridized carbons (Fsp3) is 0.200. The van der Waals surface area contributed by atoms with Crippen LogP contribution >= 0.6 is 11.3 Å². The lowest BCUT2D eigenvalue weighted by atomic mass is 9.93. The van der Waals surface area contributed by atoms with Gasteiger partial charge in [-0.1, -0.05) is 13.0 Å². The van der Waals surface area contributed by atoms with Crippen molar-refractivity contribution in [2.45, 2.75) is 26.3 Å². The van der Waals surface area contributed by atoms with Crippen LogP contribution in [0.1, 0.15) is 45.4 Å². The van der Waals surface area contributed by atoms with Gasteiger partial charge in [0.15, 0.2) is 5.69 Å². The van der Waals surface area contributed by atoms with Crippen LogP contribution in [0.3, 0.4) is 0 Å². The van der Waals surface area contributed by atoms with Crippen LogP contribution in [0.25, 0.3) is 44.0 Å². The van der Waals surface area contributed by atoms with Crippen molar-refractivity contribution in [1.82, 2.24) is 20.3 Å². The molecular weight excluding hydrogens is 526 g/mol. The molecule has 0 aliphatic carbocycles. The van der Waals surface area contributed by atoms with Gasteiger partial charge >= 0.3 is 5.97 Å². The fourth-order valence-corrected chi connectivity index (χ4v) is 5.92. The monoisotopic (exact) mass is 553 g/mol. The molecule has 0 radical (unpaired) electrons. The number of aromatic carboxylic acids is 1. The van der Waals surface area contributed by atoms with Crippen molar-refractivity contribution in [1.29, 1.82) is 0 Å². The number of nitrogens with one attached hydrogen (secondary N) is 2. The Kier molecular flexibility index (Phi) is 6.79. The first-order chi connectivity index (χ1) is 19.5. The van der Waals surface area contributed by atoms with Gasteiger partial charge in [0.05, 0.1) is 17.6 Å².